The van der Waals surface area contributed by atoms with E-state index in [9.17, 15) is 34.8 Å². The predicted octanol–water partition coefficient (Wildman–Crippen LogP) is 7.27. The molecule has 19 nitrogen and oxygen atoms in total. The number of likely N-dealkylation sites (tertiary alicyclic amines) is 1. The van der Waals surface area contributed by atoms with E-state index in [2.05, 4.69) is 34.0 Å². The largest absolute Gasteiger partial charge is 0.507 e. The number of aromatic hydroxyl groups is 2. The highest BCUT2D eigenvalue weighted by Gasteiger charge is 2.50. The van der Waals surface area contributed by atoms with Gasteiger partial charge in [0.05, 0.1) is 46.6 Å². The Kier molecular flexibility index (Phi) is 18.0. The number of carbonyl (C=O) groups excluding carboxylic acids is 3. The monoisotopic (exact) mass is 1090 g/mol. The number of nitrogens with two attached hydrogens (primary N) is 2. The first kappa shape index (κ1) is 59.0. The van der Waals surface area contributed by atoms with Gasteiger partial charge in [0, 0.05) is 104 Å². The van der Waals surface area contributed by atoms with Crippen LogP contribution in [0.5, 0.6) is 17.2 Å². The molecular formula is C58H75ClN8O11. The van der Waals surface area contributed by atoms with Crippen LogP contribution in [0.2, 0.25) is 5.02 Å². The van der Waals surface area contributed by atoms with E-state index < -0.39 is 82.9 Å². The van der Waals surface area contributed by atoms with E-state index >= 15 is 0 Å². The van der Waals surface area contributed by atoms with Crippen LogP contribution in [0.15, 0.2) is 70.4 Å². The summed E-state index contributed by atoms with van der Waals surface area (Å²) in [7, 11) is 1.47. The lowest BCUT2D eigenvalue weighted by molar-refractivity contribution is -0.160. The second-order valence-electron chi connectivity index (χ2n) is 21.6. The van der Waals surface area contributed by atoms with Crippen LogP contribution in [0, 0.1) is 36.5 Å². The topological polar surface area (TPSA) is 287 Å². The number of Topliss-reactive ketones (excluding diaryl/α,β-unsaturated/α-hetero) is 1. The summed E-state index contributed by atoms with van der Waals surface area (Å²) >= 11 is 5.86. The average molecular weight is 1100 g/mol. The van der Waals surface area contributed by atoms with E-state index in [1.54, 1.807) is 65.8 Å². The van der Waals surface area contributed by atoms with Crippen LogP contribution < -0.4 is 32.2 Å². The third-order valence-electron chi connectivity index (χ3n) is 15.4. The molecule has 1 fully saturated rings. The fraction of sp³-hybridized carbons (Fsp3) is 0.500. The van der Waals surface area contributed by atoms with Gasteiger partial charge in [0.2, 0.25) is 5.95 Å². The van der Waals surface area contributed by atoms with Crippen molar-refractivity contribution in [2.75, 3.05) is 43.5 Å². The Bertz CT molecular complexity index is 3180. The molecule has 0 radical (unpaired) electrons. The Morgan fingerprint density at radius 2 is 1.58 bits per heavy atom. The number of nitrogen functional groups attached to an aromatic ring is 2. The Labute approximate surface area is 460 Å². The minimum Gasteiger partial charge on any atom is -0.507 e. The molecule has 5 heterocycles. The highest BCUT2D eigenvalue weighted by atomic mass is 35.5. The van der Waals surface area contributed by atoms with E-state index in [1.807, 2.05) is 31.2 Å². The fourth-order valence-corrected chi connectivity index (χ4v) is 11.1. The SMILES string of the molecule is CCc1nc(N)nc(N)c1-c1ccc(Cl)cc1.CO[C@H]1/C=C/O[C@@]2(C)Oc3c(C)c(O)c4c(O)c(c5c(c4c3C2=O)=NC2(CCN(CC(C)C)CC2)N=5)NC(=O)/C(C)=C\C=C\[C@H](C)[C@H](O)[C@@H](C)[C@@H](O)[C@@H](C)[C@H](OC(C)=O)[C@@H]1C. The fourth-order valence-electron chi connectivity index (χ4n) is 10.9. The van der Waals surface area contributed by atoms with Gasteiger partial charge in [-0.1, -0.05) is 90.4 Å². The Balaban J connectivity index is 0.000000439. The average Bonchev–Trinajstić information content (AvgIpc) is 3.77. The summed E-state index contributed by atoms with van der Waals surface area (Å²) in [4.78, 5) is 61.9. The van der Waals surface area contributed by atoms with Gasteiger partial charge < -0.3 is 61.1 Å². The number of anilines is 3. The van der Waals surface area contributed by atoms with Crippen molar-refractivity contribution in [1.29, 1.82) is 0 Å². The number of halogens is 1. The highest BCUT2D eigenvalue weighted by molar-refractivity contribution is 6.30. The smallest absolute Gasteiger partial charge is 0.312 e. The van der Waals surface area contributed by atoms with Crippen LogP contribution in [-0.4, -0.2) is 116 Å². The van der Waals surface area contributed by atoms with Crippen LogP contribution in [-0.2, 0) is 30.2 Å². The van der Waals surface area contributed by atoms with Crippen molar-refractivity contribution >= 4 is 57.5 Å². The van der Waals surface area contributed by atoms with Crippen LogP contribution in [0.3, 0.4) is 0 Å². The normalized spacial score (nSPS) is 27.8. The number of carbonyl (C=O) groups is 3. The first-order valence-corrected chi connectivity index (χ1v) is 26.9. The molecule has 1 saturated heterocycles. The number of aliphatic hydroxyl groups is 2. The molecular weight excluding hydrogens is 1020 g/mol. The third-order valence-corrected chi connectivity index (χ3v) is 15.6. The minimum atomic E-state index is -1.96. The van der Waals surface area contributed by atoms with Crippen LogP contribution in [0.25, 0.3) is 21.9 Å². The maximum absolute atomic E-state index is 14.7. The van der Waals surface area contributed by atoms with Gasteiger partial charge >= 0.3 is 11.8 Å². The first-order chi connectivity index (χ1) is 36.8. The number of methoxy groups -OCH3 is 1. The summed E-state index contributed by atoms with van der Waals surface area (Å²) in [5.41, 5.74) is 13.5. The summed E-state index contributed by atoms with van der Waals surface area (Å²) in [5, 5.41) is 50.9. The predicted molar refractivity (Wildman–Crippen MR) is 298 cm³/mol. The van der Waals surface area contributed by atoms with E-state index in [-0.39, 0.29) is 61.3 Å². The Morgan fingerprint density at radius 3 is 2.19 bits per heavy atom. The number of hydrogen-bond acceptors (Lipinski definition) is 18. The number of aryl methyl sites for hydroxylation is 1. The van der Waals surface area contributed by atoms with Crippen molar-refractivity contribution < 1.29 is 53.8 Å². The molecule has 8 rings (SSSR count). The van der Waals surface area contributed by atoms with E-state index in [0.29, 0.717) is 42.7 Å². The molecule has 0 unspecified atom stereocenters. The number of piperidine rings is 1. The van der Waals surface area contributed by atoms with Gasteiger partial charge in [0.1, 0.15) is 34.5 Å². The molecule has 9 atom stereocenters. The lowest BCUT2D eigenvalue weighted by Gasteiger charge is -2.38. The second kappa shape index (κ2) is 23.8. The molecule has 420 valence electrons. The maximum Gasteiger partial charge on any atom is 0.312 e. The first-order valence-electron chi connectivity index (χ1n) is 26.5. The molecule has 1 aromatic heterocycles. The second-order valence-corrected chi connectivity index (χ2v) is 22.0. The molecule has 3 aromatic carbocycles. The lowest BCUT2D eigenvalue weighted by Crippen LogP contribution is -2.46. The number of nitrogens with one attached hydrogen (secondary N) is 1. The van der Waals surface area contributed by atoms with Gasteiger partial charge in [-0.15, -0.1) is 0 Å². The summed E-state index contributed by atoms with van der Waals surface area (Å²) in [5.74, 6) is -5.84. The summed E-state index contributed by atoms with van der Waals surface area (Å²) < 4.78 is 24.0. The molecule has 0 saturated carbocycles. The third kappa shape index (κ3) is 11.9. The van der Waals surface area contributed by atoms with Crippen molar-refractivity contribution in [2.24, 2.45) is 39.6 Å². The van der Waals surface area contributed by atoms with E-state index in [1.165, 1.54) is 27.2 Å². The number of aliphatic hydroxyl groups excluding tert-OH is 2. The number of hydrogen-bond donors (Lipinski definition) is 7. The zero-order valence-electron chi connectivity index (χ0n) is 46.6. The van der Waals surface area contributed by atoms with Gasteiger partial charge in [-0.25, -0.2) is 4.98 Å². The van der Waals surface area contributed by atoms with E-state index in [4.69, 9.17) is 52.0 Å². The van der Waals surface area contributed by atoms with Crippen LogP contribution in [0.4, 0.5) is 17.5 Å². The number of aromatic nitrogens is 2. The van der Waals surface area contributed by atoms with Crippen molar-refractivity contribution in [3.8, 4) is 28.4 Å². The number of phenolic OH excluding ortho intramolecular Hbond substituents is 2. The number of rotatable bonds is 6. The molecule has 78 heavy (non-hydrogen) atoms. The van der Waals surface area contributed by atoms with Crippen LogP contribution in [0.1, 0.15) is 104 Å². The molecule has 4 aliphatic heterocycles. The number of ketones is 1. The van der Waals surface area contributed by atoms with Gasteiger partial charge in [-0.3, -0.25) is 24.4 Å². The molecule has 20 heteroatoms. The van der Waals surface area contributed by atoms with Gasteiger partial charge in [0.15, 0.2) is 11.4 Å². The molecule has 4 aliphatic rings. The number of nitrogens with zero attached hydrogens (tertiary/aromatic N) is 5. The summed E-state index contributed by atoms with van der Waals surface area (Å²) in [6.07, 6.45) is 5.78. The number of amides is 1. The molecule has 4 aromatic rings. The highest BCUT2D eigenvalue weighted by Crippen LogP contribution is 2.50. The minimum absolute atomic E-state index is 0.0364. The van der Waals surface area contributed by atoms with E-state index in [0.717, 1.165) is 29.8 Å². The Morgan fingerprint density at radius 1 is 0.923 bits per heavy atom. The maximum atomic E-state index is 14.7. The lowest BCUT2D eigenvalue weighted by atomic mass is 9.78. The molecule has 1 spiro atoms. The van der Waals surface area contributed by atoms with Gasteiger partial charge in [-0.05, 0) is 50.0 Å². The number of benzene rings is 3. The molecule has 0 aliphatic carbocycles. The van der Waals surface area contributed by atoms with Crippen molar-refractivity contribution in [3.05, 3.63) is 93.0 Å². The number of phenols is 2. The zero-order chi connectivity index (χ0) is 57.3. The van der Waals surface area contributed by atoms with Crippen molar-refractivity contribution in [3.63, 3.8) is 0 Å². The van der Waals surface area contributed by atoms with Crippen molar-refractivity contribution in [1.82, 2.24) is 14.9 Å². The quantitative estimate of drug-likeness (QED) is 0.0738. The zero-order valence-corrected chi connectivity index (χ0v) is 47.3. The summed E-state index contributed by atoms with van der Waals surface area (Å²) in [6, 6.07) is 7.41. The summed E-state index contributed by atoms with van der Waals surface area (Å²) in [6.45, 7) is 21.5. The Hall–Kier alpha value is -6.64. The molecule has 1 amide bonds. The number of fused-ring (bicyclic) bond motifs is 1. The van der Waals surface area contributed by atoms with Gasteiger partial charge in [0.25, 0.3) is 11.7 Å². The molecule has 9 N–H and O–H groups in total. The number of esters is 1. The number of allylic oxidation sites excluding steroid dienone is 2. The standard InChI is InChI=1S/C46H62N4O11.C12H13ClN4/c1-22(2)21-50-18-16-46(17-19-50)48-34-31-32-39(54)28(8)42-33(31)43(56)45(10,61-42)59-20-15-30(58-11)25(5)41(60-29(9)51)27(7)38(53)26(6)37(52)23(3)13-12-14-24(4)44(57)47-36(40(32)55)35(34)49-46;1-2-9-10(11(14)17-12(15)16-9)7-3-5-8(13)6-4-7/h12-15,20,22-23,25-27,30,37-38,41,52-55H,16-19,21H2,1-11H3,(H,47,57);3-6H,2H2,1H3,(H4,14,15,16,17)/b13-12+,20-15+,24-14-;/t23-,25+,26+,27+,30-,37-,38+,41+,45-;/m0./s1. The number of ether oxygens (including phenoxy) is 4. The molecule has 4 bridgehead atoms. The van der Waals surface area contributed by atoms with Crippen LogP contribution >= 0.6 is 11.6 Å². The van der Waals surface area contributed by atoms with Gasteiger partial charge in [-0.2, -0.15) is 4.98 Å². The van der Waals surface area contributed by atoms with Crippen molar-refractivity contribution in [2.45, 2.75) is 131 Å².